The van der Waals surface area contributed by atoms with Gasteiger partial charge in [-0.1, -0.05) is 13.5 Å². The first-order valence-electron chi connectivity index (χ1n) is 3.10. The van der Waals surface area contributed by atoms with Crippen molar-refractivity contribution in [3.05, 3.63) is 11.5 Å². The highest BCUT2D eigenvalue weighted by molar-refractivity contribution is 8.03. The Morgan fingerprint density at radius 2 is 2.33 bits per heavy atom. The Kier molecular flexibility index (Phi) is 6.21. The molecule has 0 aromatic carbocycles. The van der Waals surface area contributed by atoms with E-state index in [1.807, 2.05) is 0 Å². The normalized spacial score (nSPS) is 9.56. The lowest BCUT2D eigenvalue weighted by Crippen LogP contribution is -1.88. The molecule has 0 saturated heterocycles. The van der Waals surface area contributed by atoms with Crippen molar-refractivity contribution < 1.29 is 4.74 Å². The zero-order chi connectivity index (χ0) is 7.11. The minimum Gasteiger partial charge on any atom is -0.379 e. The summed E-state index contributed by atoms with van der Waals surface area (Å²) in [5.41, 5.74) is 0. The SMILES string of the molecule is C=C(COC)SCCC. The van der Waals surface area contributed by atoms with Gasteiger partial charge in [-0.05, 0) is 12.2 Å². The molecule has 0 spiro atoms. The molecule has 0 aliphatic carbocycles. The van der Waals surface area contributed by atoms with Crippen molar-refractivity contribution in [2.75, 3.05) is 19.5 Å². The number of rotatable bonds is 5. The summed E-state index contributed by atoms with van der Waals surface area (Å²) in [5, 5.41) is 0. The van der Waals surface area contributed by atoms with Gasteiger partial charge in [-0.3, -0.25) is 0 Å². The van der Waals surface area contributed by atoms with Crippen LogP contribution in [0.3, 0.4) is 0 Å². The molecule has 0 radical (unpaired) electrons. The molecule has 1 nitrogen and oxygen atoms in total. The Morgan fingerprint density at radius 3 is 2.78 bits per heavy atom. The Bertz CT molecular complexity index is 81.0. The maximum absolute atomic E-state index is 4.88. The van der Waals surface area contributed by atoms with E-state index in [9.17, 15) is 0 Å². The molecule has 0 aliphatic rings. The summed E-state index contributed by atoms with van der Waals surface area (Å²) in [6.45, 7) is 6.66. The predicted octanol–water partition coefficient (Wildman–Crippen LogP) is 2.29. The van der Waals surface area contributed by atoms with Crippen LogP contribution in [-0.2, 0) is 4.74 Å². The summed E-state index contributed by atoms with van der Waals surface area (Å²) in [6.07, 6.45) is 1.20. The minimum atomic E-state index is 0.685. The van der Waals surface area contributed by atoms with Crippen LogP contribution in [0.2, 0.25) is 0 Å². The van der Waals surface area contributed by atoms with Gasteiger partial charge in [-0.25, -0.2) is 0 Å². The highest BCUT2D eigenvalue weighted by atomic mass is 32.2. The van der Waals surface area contributed by atoms with Crippen molar-refractivity contribution in [3.8, 4) is 0 Å². The molecule has 0 aromatic rings. The van der Waals surface area contributed by atoms with E-state index in [1.54, 1.807) is 18.9 Å². The third kappa shape index (κ3) is 5.93. The van der Waals surface area contributed by atoms with Crippen LogP contribution < -0.4 is 0 Å². The van der Waals surface area contributed by atoms with Crippen molar-refractivity contribution in [1.82, 2.24) is 0 Å². The summed E-state index contributed by atoms with van der Waals surface area (Å²) in [4.78, 5) is 1.12. The largest absolute Gasteiger partial charge is 0.379 e. The van der Waals surface area contributed by atoms with Gasteiger partial charge in [-0.15, -0.1) is 11.8 Å². The topological polar surface area (TPSA) is 9.23 Å². The van der Waals surface area contributed by atoms with Crippen molar-refractivity contribution in [1.29, 1.82) is 0 Å². The zero-order valence-corrected chi connectivity index (χ0v) is 6.96. The average Bonchev–Trinajstić information content (AvgIpc) is 1.85. The molecule has 0 bridgehead atoms. The maximum Gasteiger partial charge on any atom is 0.0765 e. The molecule has 0 aliphatic heterocycles. The molecule has 0 saturated carbocycles. The summed E-state index contributed by atoms with van der Waals surface area (Å²) in [7, 11) is 1.69. The van der Waals surface area contributed by atoms with E-state index in [0.29, 0.717) is 6.61 Å². The van der Waals surface area contributed by atoms with E-state index in [0.717, 1.165) is 10.7 Å². The number of methoxy groups -OCH3 is 1. The fourth-order valence-corrected chi connectivity index (χ4v) is 1.14. The van der Waals surface area contributed by atoms with Crippen LogP contribution in [0.4, 0.5) is 0 Å². The molecule has 0 rings (SSSR count). The average molecular weight is 146 g/mol. The van der Waals surface area contributed by atoms with Gasteiger partial charge in [0.05, 0.1) is 6.61 Å². The standard InChI is InChI=1S/C7H14OS/c1-4-5-9-7(2)6-8-3/h2,4-6H2,1,3H3. The van der Waals surface area contributed by atoms with Crippen LogP contribution in [0, 0.1) is 0 Å². The van der Waals surface area contributed by atoms with Crippen molar-refractivity contribution in [2.24, 2.45) is 0 Å². The lowest BCUT2D eigenvalue weighted by Gasteiger charge is -2.00. The number of ether oxygens (including phenoxy) is 1. The second-order valence-electron chi connectivity index (χ2n) is 1.82. The number of hydrogen-bond donors (Lipinski definition) is 0. The van der Waals surface area contributed by atoms with Gasteiger partial charge in [0, 0.05) is 12.0 Å². The molecule has 0 amide bonds. The first-order valence-corrected chi connectivity index (χ1v) is 4.09. The van der Waals surface area contributed by atoms with E-state index in [4.69, 9.17) is 4.74 Å². The van der Waals surface area contributed by atoms with Crippen LogP contribution in [0.1, 0.15) is 13.3 Å². The Hall–Kier alpha value is 0.0500. The second kappa shape index (κ2) is 6.17. The van der Waals surface area contributed by atoms with Crippen LogP contribution in [-0.4, -0.2) is 19.5 Å². The van der Waals surface area contributed by atoms with Gasteiger partial charge in [-0.2, -0.15) is 0 Å². The fraction of sp³-hybridized carbons (Fsp3) is 0.714. The van der Waals surface area contributed by atoms with Gasteiger partial charge in [0.2, 0.25) is 0 Å². The van der Waals surface area contributed by atoms with Gasteiger partial charge in [0.15, 0.2) is 0 Å². The quantitative estimate of drug-likeness (QED) is 0.588. The third-order valence-electron chi connectivity index (χ3n) is 0.816. The van der Waals surface area contributed by atoms with Gasteiger partial charge >= 0.3 is 0 Å². The van der Waals surface area contributed by atoms with Crippen LogP contribution in [0.5, 0.6) is 0 Å². The predicted molar refractivity (Wildman–Crippen MR) is 43.8 cm³/mol. The van der Waals surface area contributed by atoms with E-state index in [-0.39, 0.29) is 0 Å². The Morgan fingerprint density at radius 1 is 1.67 bits per heavy atom. The third-order valence-corrected chi connectivity index (χ3v) is 1.95. The summed E-state index contributed by atoms with van der Waals surface area (Å²) < 4.78 is 4.88. The molecule has 54 valence electrons. The van der Waals surface area contributed by atoms with Gasteiger partial charge in [0.1, 0.15) is 0 Å². The molecule has 9 heavy (non-hydrogen) atoms. The molecule has 0 unspecified atom stereocenters. The molecule has 0 aromatic heterocycles. The Labute approximate surface area is 61.5 Å². The highest BCUT2D eigenvalue weighted by Gasteiger charge is 1.90. The van der Waals surface area contributed by atoms with Gasteiger partial charge < -0.3 is 4.74 Å². The Balaban J connectivity index is 3.06. The first kappa shape index (κ1) is 9.05. The molecular formula is C7H14OS. The first-order chi connectivity index (χ1) is 4.31. The lowest BCUT2D eigenvalue weighted by atomic mass is 10.6. The van der Waals surface area contributed by atoms with Crippen LogP contribution in [0.15, 0.2) is 11.5 Å². The zero-order valence-electron chi connectivity index (χ0n) is 6.14. The van der Waals surface area contributed by atoms with E-state index in [2.05, 4.69) is 13.5 Å². The molecule has 0 heterocycles. The van der Waals surface area contributed by atoms with E-state index >= 15 is 0 Å². The van der Waals surface area contributed by atoms with Crippen LogP contribution >= 0.6 is 11.8 Å². The highest BCUT2D eigenvalue weighted by Crippen LogP contribution is 2.13. The minimum absolute atomic E-state index is 0.685. The van der Waals surface area contributed by atoms with Crippen LogP contribution in [0.25, 0.3) is 0 Å². The van der Waals surface area contributed by atoms with Crippen molar-refractivity contribution in [3.63, 3.8) is 0 Å². The molecule has 0 atom stereocenters. The smallest absolute Gasteiger partial charge is 0.0765 e. The summed E-state index contributed by atoms with van der Waals surface area (Å²) in [5.74, 6) is 1.15. The number of hydrogen-bond acceptors (Lipinski definition) is 2. The molecular weight excluding hydrogens is 132 g/mol. The van der Waals surface area contributed by atoms with Crippen molar-refractivity contribution in [2.45, 2.75) is 13.3 Å². The molecule has 0 fully saturated rings. The monoisotopic (exact) mass is 146 g/mol. The summed E-state index contributed by atoms with van der Waals surface area (Å²) >= 11 is 1.78. The molecule has 0 N–H and O–H groups in total. The second-order valence-corrected chi connectivity index (χ2v) is 3.09. The summed E-state index contributed by atoms with van der Waals surface area (Å²) in [6, 6.07) is 0. The number of thioether (sulfide) groups is 1. The van der Waals surface area contributed by atoms with E-state index < -0.39 is 0 Å². The van der Waals surface area contributed by atoms with Crippen molar-refractivity contribution >= 4 is 11.8 Å². The fourth-order valence-electron chi connectivity index (χ4n) is 0.449. The lowest BCUT2D eigenvalue weighted by molar-refractivity contribution is 0.232. The molecule has 2 heteroatoms. The maximum atomic E-state index is 4.88. The van der Waals surface area contributed by atoms with Gasteiger partial charge in [0.25, 0.3) is 0 Å². The van der Waals surface area contributed by atoms with E-state index in [1.165, 1.54) is 6.42 Å².